The zero-order valence-electron chi connectivity index (χ0n) is 11.2. The summed E-state index contributed by atoms with van der Waals surface area (Å²) < 4.78 is 2.02. The van der Waals surface area contributed by atoms with Crippen LogP contribution < -0.4 is 5.73 Å². The van der Waals surface area contributed by atoms with Crippen LogP contribution in [0.15, 0.2) is 66.7 Å². The van der Waals surface area contributed by atoms with Crippen molar-refractivity contribution in [3.8, 4) is 11.3 Å². The quantitative estimate of drug-likeness (QED) is 0.786. The smallest absolute Gasteiger partial charge is 0.0767 e. The van der Waals surface area contributed by atoms with E-state index in [1.54, 1.807) is 0 Å². The lowest BCUT2D eigenvalue weighted by molar-refractivity contribution is 0.678. The molecule has 3 aromatic rings. The van der Waals surface area contributed by atoms with Gasteiger partial charge < -0.3 is 5.73 Å². The molecule has 3 rings (SSSR count). The van der Waals surface area contributed by atoms with Crippen molar-refractivity contribution in [3.63, 3.8) is 0 Å². The number of aromatic nitrogens is 2. The zero-order chi connectivity index (χ0) is 13.8. The Hall–Kier alpha value is -2.39. The summed E-state index contributed by atoms with van der Waals surface area (Å²) in [5, 5.41) is 4.59. The Bertz CT molecular complexity index is 672. The van der Waals surface area contributed by atoms with E-state index in [2.05, 4.69) is 35.4 Å². The van der Waals surface area contributed by atoms with Crippen LogP contribution in [-0.2, 0) is 13.1 Å². The molecule has 2 aromatic carbocycles. The van der Waals surface area contributed by atoms with Gasteiger partial charge in [0.15, 0.2) is 0 Å². The molecule has 0 atom stereocenters. The lowest BCUT2D eigenvalue weighted by atomic mass is 10.1. The third-order valence-corrected chi connectivity index (χ3v) is 3.28. The van der Waals surface area contributed by atoms with Crippen LogP contribution >= 0.6 is 0 Å². The first kappa shape index (κ1) is 12.6. The Morgan fingerprint density at radius 3 is 2.20 bits per heavy atom. The van der Waals surface area contributed by atoms with Gasteiger partial charge in [-0.05, 0) is 17.2 Å². The maximum atomic E-state index is 5.73. The Kier molecular flexibility index (Phi) is 3.61. The molecule has 0 aliphatic carbocycles. The third-order valence-electron chi connectivity index (χ3n) is 3.28. The fourth-order valence-corrected chi connectivity index (χ4v) is 2.29. The second-order valence-corrected chi connectivity index (χ2v) is 4.73. The maximum absolute atomic E-state index is 5.73. The molecule has 3 heteroatoms. The molecular weight excluding hydrogens is 246 g/mol. The van der Waals surface area contributed by atoms with Crippen LogP contribution in [0.25, 0.3) is 11.3 Å². The Morgan fingerprint density at radius 1 is 0.900 bits per heavy atom. The Morgan fingerprint density at radius 2 is 1.55 bits per heavy atom. The van der Waals surface area contributed by atoms with E-state index in [1.807, 2.05) is 41.1 Å². The van der Waals surface area contributed by atoms with E-state index < -0.39 is 0 Å². The van der Waals surface area contributed by atoms with Crippen molar-refractivity contribution in [1.82, 2.24) is 9.78 Å². The summed E-state index contributed by atoms with van der Waals surface area (Å²) in [5.41, 5.74) is 10.1. The Balaban J connectivity index is 2.00. The average molecular weight is 263 g/mol. The summed E-state index contributed by atoms with van der Waals surface area (Å²) >= 11 is 0. The first-order valence-electron chi connectivity index (χ1n) is 6.73. The number of benzene rings is 2. The first-order valence-corrected chi connectivity index (χ1v) is 6.73. The molecular formula is C17H17N3. The predicted octanol–water partition coefficient (Wildman–Crippen LogP) is 3.06. The summed E-state index contributed by atoms with van der Waals surface area (Å²) in [5.74, 6) is 0. The molecule has 0 unspecified atom stereocenters. The highest BCUT2D eigenvalue weighted by Crippen LogP contribution is 2.21. The molecule has 0 radical (unpaired) electrons. The van der Waals surface area contributed by atoms with Crippen LogP contribution in [0.1, 0.15) is 11.3 Å². The lowest BCUT2D eigenvalue weighted by Crippen LogP contribution is -2.05. The van der Waals surface area contributed by atoms with E-state index in [0.717, 1.165) is 23.5 Å². The molecule has 2 N–H and O–H groups in total. The Labute approximate surface area is 118 Å². The SMILES string of the molecule is NCc1cc(-c2ccccc2)n(Cc2ccccc2)n1. The molecule has 0 saturated carbocycles. The topological polar surface area (TPSA) is 43.8 Å². The van der Waals surface area contributed by atoms with E-state index in [0.29, 0.717) is 6.54 Å². The normalized spacial score (nSPS) is 10.7. The highest BCUT2D eigenvalue weighted by atomic mass is 15.3. The van der Waals surface area contributed by atoms with Gasteiger partial charge in [0.25, 0.3) is 0 Å². The fourth-order valence-electron chi connectivity index (χ4n) is 2.29. The van der Waals surface area contributed by atoms with Crippen molar-refractivity contribution in [2.45, 2.75) is 13.1 Å². The van der Waals surface area contributed by atoms with Crippen LogP contribution in [-0.4, -0.2) is 9.78 Å². The van der Waals surface area contributed by atoms with E-state index in [4.69, 9.17) is 5.73 Å². The summed E-state index contributed by atoms with van der Waals surface area (Å²) in [6.07, 6.45) is 0. The van der Waals surface area contributed by atoms with E-state index in [1.165, 1.54) is 5.56 Å². The fraction of sp³-hybridized carbons (Fsp3) is 0.118. The zero-order valence-corrected chi connectivity index (χ0v) is 11.2. The maximum Gasteiger partial charge on any atom is 0.0767 e. The number of hydrogen-bond donors (Lipinski definition) is 1. The molecule has 0 aliphatic rings. The molecule has 0 saturated heterocycles. The first-order chi connectivity index (χ1) is 9.86. The van der Waals surface area contributed by atoms with Crippen LogP contribution in [0.5, 0.6) is 0 Å². The molecule has 3 nitrogen and oxygen atoms in total. The van der Waals surface area contributed by atoms with E-state index in [9.17, 15) is 0 Å². The van der Waals surface area contributed by atoms with Gasteiger partial charge in [0.2, 0.25) is 0 Å². The molecule has 0 amide bonds. The molecule has 0 aliphatic heterocycles. The van der Waals surface area contributed by atoms with Crippen molar-refractivity contribution in [1.29, 1.82) is 0 Å². The number of rotatable bonds is 4. The summed E-state index contributed by atoms with van der Waals surface area (Å²) in [7, 11) is 0. The minimum atomic E-state index is 0.460. The van der Waals surface area contributed by atoms with Gasteiger partial charge in [-0.15, -0.1) is 0 Å². The molecule has 100 valence electrons. The monoisotopic (exact) mass is 263 g/mol. The van der Waals surface area contributed by atoms with Crippen LogP contribution in [0.4, 0.5) is 0 Å². The third kappa shape index (κ3) is 2.63. The van der Waals surface area contributed by atoms with Crippen molar-refractivity contribution in [2.75, 3.05) is 0 Å². The highest BCUT2D eigenvalue weighted by molar-refractivity contribution is 5.60. The molecule has 0 bridgehead atoms. The lowest BCUT2D eigenvalue weighted by Gasteiger charge is -2.07. The van der Waals surface area contributed by atoms with Gasteiger partial charge >= 0.3 is 0 Å². The van der Waals surface area contributed by atoms with Crippen LogP contribution in [0, 0.1) is 0 Å². The van der Waals surface area contributed by atoms with Gasteiger partial charge in [-0.3, -0.25) is 4.68 Å². The molecule has 0 spiro atoms. The second kappa shape index (κ2) is 5.72. The second-order valence-electron chi connectivity index (χ2n) is 4.73. The number of hydrogen-bond acceptors (Lipinski definition) is 2. The standard InChI is InChI=1S/C17H17N3/c18-12-16-11-17(15-9-5-2-6-10-15)20(19-16)13-14-7-3-1-4-8-14/h1-11H,12-13,18H2. The van der Waals surface area contributed by atoms with Gasteiger partial charge in [0.1, 0.15) is 0 Å². The molecule has 1 heterocycles. The predicted molar refractivity (Wildman–Crippen MR) is 81.1 cm³/mol. The van der Waals surface area contributed by atoms with Crippen molar-refractivity contribution in [3.05, 3.63) is 78.0 Å². The van der Waals surface area contributed by atoms with E-state index >= 15 is 0 Å². The van der Waals surface area contributed by atoms with Gasteiger partial charge in [0, 0.05) is 6.54 Å². The van der Waals surface area contributed by atoms with Crippen LogP contribution in [0.2, 0.25) is 0 Å². The average Bonchev–Trinajstić information content (AvgIpc) is 2.92. The summed E-state index contributed by atoms with van der Waals surface area (Å²) in [6.45, 7) is 1.21. The van der Waals surface area contributed by atoms with Crippen molar-refractivity contribution < 1.29 is 0 Å². The largest absolute Gasteiger partial charge is 0.325 e. The molecule has 1 aromatic heterocycles. The number of nitrogens with zero attached hydrogens (tertiary/aromatic N) is 2. The summed E-state index contributed by atoms with van der Waals surface area (Å²) in [6, 6.07) is 22.7. The highest BCUT2D eigenvalue weighted by Gasteiger charge is 2.09. The van der Waals surface area contributed by atoms with Gasteiger partial charge in [-0.1, -0.05) is 60.7 Å². The van der Waals surface area contributed by atoms with Crippen LogP contribution in [0.3, 0.4) is 0 Å². The number of nitrogens with two attached hydrogens (primary N) is 1. The van der Waals surface area contributed by atoms with Crippen molar-refractivity contribution in [2.24, 2.45) is 5.73 Å². The molecule has 0 fully saturated rings. The van der Waals surface area contributed by atoms with E-state index in [-0.39, 0.29) is 0 Å². The minimum absolute atomic E-state index is 0.460. The molecule has 20 heavy (non-hydrogen) atoms. The van der Waals surface area contributed by atoms with Gasteiger partial charge in [-0.2, -0.15) is 5.10 Å². The van der Waals surface area contributed by atoms with Gasteiger partial charge in [-0.25, -0.2) is 0 Å². The van der Waals surface area contributed by atoms with Crippen molar-refractivity contribution >= 4 is 0 Å². The summed E-state index contributed by atoms with van der Waals surface area (Å²) in [4.78, 5) is 0. The van der Waals surface area contributed by atoms with Gasteiger partial charge in [0.05, 0.1) is 17.9 Å². The minimum Gasteiger partial charge on any atom is -0.325 e.